The normalized spacial score (nSPS) is 17.7. The highest BCUT2D eigenvalue weighted by atomic mass is 32.2. The van der Waals surface area contributed by atoms with Gasteiger partial charge in [0, 0.05) is 35.8 Å². The molecule has 1 atom stereocenters. The highest BCUT2D eigenvalue weighted by Gasteiger charge is 2.16. The second-order valence-electron chi connectivity index (χ2n) is 5.47. The Kier molecular flexibility index (Phi) is 6.87. The molecule has 2 rings (SSSR count). The molecule has 118 valence electrons. The zero-order valence-corrected chi connectivity index (χ0v) is 14.2. The quantitative estimate of drug-likeness (QED) is 0.830. The lowest BCUT2D eigenvalue weighted by molar-refractivity contribution is 0.1000. The van der Waals surface area contributed by atoms with Crippen LogP contribution in [-0.2, 0) is 10.5 Å². The van der Waals surface area contributed by atoms with E-state index in [0.717, 1.165) is 36.5 Å². The molecule has 0 aliphatic carbocycles. The molecule has 3 nitrogen and oxygen atoms in total. The molecule has 0 spiro atoms. The van der Waals surface area contributed by atoms with E-state index in [-0.39, 0.29) is 0 Å². The van der Waals surface area contributed by atoms with Gasteiger partial charge in [-0.25, -0.2) is 0 Å². The van der Waals surface area contributed by atoms with E-state index in [0.29, 0.717) is 6.04 Å². The second-order valence-corrected chi connectivity index (χ2v) is 6.76. The van der Waals surface area contributed by atoms with Gasteiger partial charge in [0.15, 0.2) is 0 Å². The number of ether oxygens (including phenoxy) is 2. The molecular formula is C17H27NO2S. The highest BCUT2D eigenvalue weighted by Crippen LogP contribution is 2.31. The number of methoxy groups -OCH3 is 1. The number of thioether (sulfide) groups is 1. The van der Waals surface area contributed by atoms with Crippen LogP contribution >= 0.6 is 11.8 Å². The molecule has 1 aromatic carbocycles. The summed E-state index contributed by atoms with van der Waals surface area (Å²) >= 11 is 2.03. The first-order valence-electron chi connectivity index (χ1n) is 7.84. The first-order valence-corrected chi connectivity index (χ1v) is 8.89. The van der Waals surface area contributed by atoms with Crippen LogP contribution in [0.2, 0.25) is 0 Å². The summed E-state index contributed by atoms with van der Waals surface area (Å²) in [6, 6.07) is 6.93. The fourth-order valence-electron chi connectivity index (χ4n) is 2.65. The van der Waals surface area contributed by atoms with Crippen molar-refractivity contribution >= 4 is 11.8 Å². The van der Waals surface area contributed by atoms with Crippen LogP contribution in [0, 0.1) is 0 Å². The maximum absolute atomic E-state index is 5.52. The minimum Gasteiger partial charge on any atom is -0.496 e. The van der Waals surface area contributed by atoms with Crippen molar-refractivity contribution in [2.75, 3.05) is 26.9 Å². The van der Waals surface area contributed by atoms with Gasteiger partial charge in [-0.3, -0.25) is 0 Å². The maximum atomic E-state index is 5.52. The molecule has 1 saturated heterocycles. The minimum absolute atomic E-state index is 0.382. The monoisotopic (exact) mass is 309 g/mol. The Labute approximate surface area is 132 Å². The first kappa shape index (κ1) is 16.7. The molecular weight excluding hydrogens is 282 g/mol. The van der Waals surface area contributed by atoms with Crippen LogP contribution in [0.4, 0.5) is 0 Å². The molecule has 1 unspecified atom stereocenters. The summed E-state index contributed by atoms with van der Waals surface area (Å²) in [5, 5.41) is 4.19. The van der Waals surface area contributed by atoms with Gasteiger partial charge in [-0.15, -0.1) is 0 Å². The third-order valence-corrected chi connectivity index (χ3v) is 5.38. The third-order valence-electron chi connectivity index (χ3n) is 3.96. The topological polar surface area (TPSA) is 30.5 Å². The van der Waals surface area contributed by atoms with Crippen molar-refractivity contribution in [3.63, 3.8) is 0 Å². The Hall–Kier alpha value is -0.710. The predicted octanol–water partition coefficient (Wildman–Crippen LogP) is 3.78. The molecule has 0 radical (unpaired) electrons. The minimum atomic E-state index is 0.382. The maximum Gasteiger partial charge on any atom is 0.122 e. The van der Waals surface area contributed by atoms with E-state index in [1.54, 1.807) is 7.11 Å². The van der Waals surface area contributed by atoms with Crippen molar-refractivity contribution in [3.05, 3.63) is 29.3 Å². The molecule has 4 heteroatoms. The number of hydrogen-bond donors (Lipinski definition) is 1. The molecule has 21 heavy (non-hydrogen) atoms. The third kappa shape index (κ3) is 4.90. The lowest BCUT2D eigenvalue weighted by Gasteiger charge is -2.22. The van der Waals surface area contributed by atoms with Crippen LogP contribution in [0.25, 0.3) is 0 Å². The van der Waals surface area contributed by atoms with Crippen LogP contribution in [0.3, 0.4) is 0 Å². The van der Waals surface area contributed by atoms with Crippen molar-refractivity contribution < 1.29 is 9.47 Å². The van der Waals surface area contributed by atoms with Gasteiger partial charge >= 0.3 is 0 Å². The van der Waals surface area contributed by atoms with E-state index >= 15 is 0 Å². The number of rotatable bonds is 7. The molecule has 1 aromatic rings. The highest BCUT2D eigenvalue weighted by molar-refractivity contribution is 7.99. The summed E-state index contributed by atoms with van der Waals surface area (Å²) in [5.41, 5.74) is 2.64. The van der Waals surface area contributed by atoms with Crippen LogP contribution in [0.1, 0.15) is 43.9 Å². The van der Waals surface area contributed by atoms with Crippen LogP contribution < -0.4 is 10.1 Å². The van der Waals surface area contributed by atoms with Crippen molar-refractivity contribution in [2.45, 2.75) is 43.7 Å². The van der Waals surface area contributed by atoms with Crippen molar-refractivity contribution in [1.29, 1.82) is 0 Å². The van der Waals surface area contributed by atoms with Crippen LogP contribution in [-0.4, -0.2) is 32.1 Å². The largest absolute Gasteiger partial charge is 0.496 e. The second kappa shape index (κ2) is 8.66. The fraction of sp³-hybridized carbons (Fsp3) is 0.647. The molecule has 0 bridgehead atoms. The van der Waals surface area contributed by atoms with Crippen molar-refractivity contribution in [1.82, 2.24) is 5.32 Å². The van der Waals surface area contributed by atoms with Gasteiger partial charge < -0.3 is 14.8 Å². The van der Waals surface area contributed by atoms with Crippen LogP contribution in [0.5, 0.6) is 5.75 Å². The van der Waals surface area contributed by atoms with E-state index in [1.807, 2.05) is 11.8 Å². The molecule has 0 aromatic heterocycles. The van der Waals surface area contributed by atoms with E-state index < -0.39 is 0 Å². The molecule has 0 amide bonds. The SMILES string of the molecule is CCNC(C)c1ccc(OC)c(CSC2CCOCC2)c1. The fourth-order valence-corrected chi connectivity index (χ4v) is 3.82. The van der Waals surface area contributed by atoms with E-state index in [9.17, 15) is 0 Å². The number of hydrogen-bond acceptors (Lipinski definition) is 4. The lowest BCUT2D eigenvalue weighted by Crippen LogP contribution is -2.18. The zero-order valence-electron chi connectivity index (χ0n) is 13.4. The Morgan fingerprint density at radius 1 is 1.38 bits per heavy atom. The molecule has 1 heterocycles. The molecule has 1 aliphatic rings. The van der Waals surface area contributed by atoms with Gasteiger partial charge in [-0.1, -0.05) is 13.0 Å². The van der Waals surface area contributed by atoms with Crippen molar-refractivity contribution in [3.8, 4) is 5.75 Å². The van der Waals surface area contributed by atoms with Gasteiger partial charge in [-0.2, -0.15) is 11.8 Å². The summed E-state index contributed by atoms with van der Waals surface area (Å²) in [6.07, 6.45) is 2.33. The Morgan fingerprint density at radius 2 is 2.14 bits per heavy atom. The van der Waals surface area contributed by atoms with Crippen molar-refractivity contribution in [2.24, 2.45) is 0 Å². The summed E-state index contributed by atoms with van der Waals surface area (Å²) in [4.78, 5) is 0. The Balaban J connectivity index is 2.02. The average Bonchev–Trinajstić information content (AvgIpc) is 2.54. The molecule has 1 fully saturated rings. The van der Waals surface area contributed by atoms with Gasteiger partial charge in [0.05, 0.1) is 7.11 Å². The summed E-state index contributed by atoms with van der Waals surface area (Å²) in [5.74, 6) is 2.02. The Bertz CT molecular complexity index is 433. The Morgan fingerprint density at radius 3 is 2.81 bits per heavy atom. The number of nitrogens with one attached hydrogen (secondary N) is 1. The van der Waals surface area contributed by atoms with Crippen LogP contribution in [0.15, 0.2) is 18.2 Å². The van der Waals surface area contributed by atoms with Gasteiger partial charge in [0.2, 0.25) is 0 Å². The van der Waals surface area contributed by atoms with E-state index in [2.05, 4.69) is 37.4 Å². The smallest absolute Gasteiger partial charge is 0.122 e. The molecule has 1 N–H and O–H groups in total. The standard InChI is InChI=1S/C17H27NO2S/c1-4-18-13(2)14-5-6-17(19-3)15(11-14)12-21-16-7-9-20-10-8-16/h5-6,11,13,16,18H,4,7-10,12H2,1-3H3. The summed E-state index contributed by atoms with van der Waals surface area (Å²) in [6.45, 7) is 7.15. The summed E-state index contributed by atoms with van der Waals surface area (Å²) in [7, 11) is 1.76. The predicted molar refractivity (Wildman–Crippen MR) is 90.2 cm³/mol. The zero-order chi connectivity index (χ0) is 15.1. The van der Waals surface area contributed by atoms with Gasteiger partial charge in [0.25, 0.3) is 0 Å². The van der Waals surface area contributed by atoms with Gasteiger partial charge in [0.1, 0.15) is 5.75 Å². The average molecular weight is 309 g/mol. The van der Waals surface area contributed by atoms with E-state index in [4.69, 9.17) is 9.47 Å². The number of benzene rings is 1. The first-order chi connectivity index (χ1) is 10.2. The lowest BCUT2D eigenvalue weighted by atomic mass is 10.0. The summed E-state index contributed by atoms with van der Waals surface area (Å²) < 4.78 is 10.9. The molecule has 1 aliphatic heterocycles. The van der Waals surface area contributed by atoms with E-state index in [1.165, 1.54) is 24.0 Å². The van der Waals surface area contributed by atoms with Gasteiger partial charge in [-0.05, 0) is 44.0 Å². The molecule has 0 saturated carbocycles.